The van der Waals surface area contributed by atoms with Crippen LogP contribution in [0.2, 0.25) is 0 Å². The first-order valence-electron chi connectivity index (χ1n) is 6.44. The van der Waals surface area contributed by atoms with Crippen LogP contribution < -0.4 is 5.32 Å². The summed E-state index contributed by atoms with van der Waals surface area (Å²) in [5.74, 6) is -0.212. The fourth-order valence-corrected chi connectivity index (χ4v) is 2.56. The van der Waals surface area contributed by atoms with Gasteiger partial charge in [0, 0.05) is 30.2 Å². The minimum atomic E-state index is -0.212. The molecule has 0 aliphatic carbocycles. The maximum atomic E-state index is 11.9. The van der Waals surface area contributed by atoms with Gasteiger partial charge in [-0.2, -0.15) is 0 Å². The van der Waals surface area contributed by atoms with Crippen LogP contribution >= 0.6 is 11.3 Å². The number of nitrogens with zero attached hydrogens (tertiary/aromatic N) is 2. The second-order valence-electron chi connectivity index (χ2n) is 4.45. The van der Waals surface area contributed by atoms with Crippen LogP contribution in [0.5, 0.6) is 0 Å². The van der Waals surface area contributed by atoms with Crippen molar-refractivity contribution in [2.24, 2.45) is 0 Å². The van der Waals surface area contributed by atoms with E-state index in [2.05, 4.69) is 15.3 Å². The topological polar surface area (TPSA) is 75.1 Å². The maximum absolute atomic E-state index is 11.9. The van der Waals surface area contributed by atoms with Gasteiger partial charge in [-0.3, -0.25) is 9.78 Å². The van der Waals surface area contributed by atoms with Crippen molar-refractivity contribution in [3.05, 3.63) is 45.7 Å². The first-order valence-corrected chi connectivity index (χ1v) is 7.32. The lowest BCUT2D eigenvalue weighted by molar-refractivity contribution is 0.0948. The molecule has 0 aliphatic heterocycles. The van der Waals surface area contributed by atoms with Gasteiger partial charge in [-0.15, -0.1) is 11.3 Å². The average molecular weight is 291 g/mol. The molecule has 0 bridgehead atoms. The molecule has 0 radical (unpaired) electrons. The summed E-state index contributed by atoms with van der Waals surface area (Å²) in [5, 5.41) is 15.0. The van der Waals surface area contributed by atoms with Crippen molar-refractivity contribution in [1.29, 1.82) is 0 Å². The summed E-state index contributed by atoms with van der Waals surface area (Å²) in [4.78, 5) is 20.2. The van der Waals surface area contributed by atoms with E-state index in [1.807, 2.05) is 12.3 Å². The Labute approximate surface area is 121 Å². The van der Waals surface area contributed by atoms with E-state index in [1.165, 1.54) is 6.20 Å². The van der Waals surface area contributed by atoms with Gasteiger partial charge >= 0.3 is 0 Å². The second kappa shape index (κ2) is 7.12. The number of aryl methyl sites for hydroxylation is 2. The molecule has 2 aromatic heterocycles. The van der Waals surface area contributed by atoms with E-state index >= 15 is 0 Å². The number of aromatic nitrogens is 2. The summed E-state index contributed by atoms with van der Waals surface area (Å²) in [6, 6.07) is 3.28. The van der Waals surface area contributed by atoms with Crippen LogP contribution in [-0.4, -0.2) is 27.5 Å². The number of amides is 1. The van der Waals surface area contributed by atoms with E-state index < -0.39 is 0 Å². The molecule has 2 aromatic rings. The second-order valence-corrected chi connectivity index (χ2v) is 5.39. The summed E-state index contributed by atoms with van der Waals surface area (Å²) >= 11 is 1.65. The van der Waals surface area contributed by atoms with Crippen molar-refractivity contribution in [2.75, 3.05) is 6.54 Å². The predicted octanol–water partition coefficient (Wildman–Crippen LogP) is 1.70. The fraction of sp³-hybridized carbons (Fsp3) is 0.357. The number of aliphatic hydroxyl groups excluding tert-OH is 1. The molecule has 0 fully saturated rings. The molecule has 0 saturated heterocycles. The van der Waals surface area contributed by atoms with Crippen LogP contribution in [0, 0.1) is 6.92 Å². The first-order chi connectivity index (χ1) is 9.69. The Morgan fingerprint density at radius 2 is 2.35 bits per heavy atom. The number of aliphatic hydroxyl groups is 1. The Morgan fingerprint density at radius 3 is 3.05 bits per heavy atom. The zero-order valence-electron chi connectivity index (χ0n) is 11.3. The zero-order valence-corrected chi connectivity index (χ0v) is 12.1. The molecule has 0 unspecified atom stereocenters. The lowest BCUT2D eigenvalue weighted by atomic mass is 10.2. The van der Waals surface area contributed by atoms with Gasteiger partial charge in [0.25, 0.3) is 5.91 Å². The molecular weight excluding hydrogens is 274 g/mol. The highest BCUT2D eigenvalue weighted by Gasteiger charge is 2.07. The van der Waals surface area contributed by atoms with Gasteiger partial charge in [0.15, 0.2) is 0 Å². The molecule has 2 rings (SSSR count). The molecule has 2 heterocycles. The van der Waals surface area contributed by atoms with Crippen LogP contribution in [0.1, 0.15) is 33.2 Å². The number of hydrogen-bond acceptors (Lipinski definition) is 5. The van der Waals surface area contributed by atoms with Gasteiger partial charge in [0.2, 0.25) is 0 Å². The van der Waals surface area contributed by atoms with E-state index in [1.54, 1.807) is 23.5 Å². The Kier molecular flexibility index (Phi) is 5.20. The largest absolute Gasteiger partial charge is 0.392 e. The number of rotatable bonds is 6. The molecule has 20 heavy (non-hydrogen) atoms. The number of nitrogens with one attached hydrogen (secondary N) is 1. The van der Waals surface area contributed by atoms with Gasteiger partial charge < -0.3 is 10.4 Å². The zero-order chi connectivity index (χ0) is 14.4. The summed E-state index contributed by atoms with van der Waals surface area (Å²) in [7, 11) is 0. The standard InChI is InChI=1S/C14H17N3O2S/c1-10-9-20-13(17-10)3-2-5-16-14(19)12-7-11(8-18)4-6-15-12/h4,6-7,9,18H,2-3,5,8H2,1H3,(H,16,19). The smallest absolute Gasteiger partial charge is 0.269 e. The van der Waals surface area contributed by atoms with Crippen LogP contribution in [0.3, 0.4) is 0 Å². The summed E-state index contributed by atoms with van der Waals surface area (Å²) < 4.78 is 0. The van der Waals surface area contributed by atoms with Crippen molar-refractivity contribution in [3.8, 4) is 0 Å². The lowest BCUT2D eigenvalue weighted by Gasteiger charge is -2.04. The summed E-state index contributed by atoms with van der Waals surface area (Å²) in [6.45, 7) is 2.47. The Morgan fingerprint density at radius 1 is 1.50 bits per heavy atom. The number of carbonyl (C=O) groups excluding carboxylic acids is 1. The third-order valence-corrected chi connectivity index (χ3v) is 3.79. The van der Waals surface area contributed by atoms with Crippen molar-refractivity contribution < 1.29 is 9.90 Å². The number of carbonyl (C=O) groups is 1. The summed E-state index contributed by atoms with van der Waals surface area (Å²) in [6.07, 6.45) is 3.24. The Hall–Kier alpha value is -1.79. The molecule has 2 N–H and O–H groups in total. The third-order valence-electron chi connectivity index (χ3n) is 2.76. The molecule has 106 valence electrons. The fourth-order valence-electron chi connectivity index (χ4n) is 1.75. The van der Waals surface area contributed by atoms with Gasteiger partial charge in [-0.1, -0.05) is 0 Å². The van der Waals surface area contributed by atoms with Crippen molar-refractivity contribution in [2.45, 2.75) is 26.4 Å². The van der Waals surface area contributed by atoms with E-state index in [-0.39, 0.29) is 12.5 Å². The summed E-state index contributed by atoms with van der Waals surface area (Å²) in [5.41, 5.74) is 2.06. The first kappa shape index (κ1) is 14.6. The van der Waals surface area contributed by atoms with E-state index in [4.69, 9.17) is 5.11 Å². The van der Waals surface area contributed by atoms with Crippen molar-refractivity contribution in [1.82, 2.24) is 15.3 Å². The van der Waals surface area contributed by atoms with Crippen LogP contribution in [0.25, 0.3) is 0 Å². The highest BCUT2D eigenvalue weighted by Crippen LogP contribution is 2.10. The van der Waals surface area contributed by atoms with Crippen LogP contribution in [-0.2, 0) is 13.0 Å². The highest BCUT2D eigenvalue weighted by atomic mass is 32.1. The van der Waals surface area contributed by atoms with E-state index in [9.17, 15) is 4.79 Å². The maximum Gasteiger partial charge on any atom is 0.269 e. The molecule has 5 nitrogen and oxygen atoms in total. The number of thiazole rings is 1. The lowest BCUT2D eigenvalue weighted by Crippen LogP contribution is -2.25. The molecule has 6 heteroatoms. The Balaban J connectivity index is 1.77. The predicted molar refractivity (Wildman–Crippen MR) is 77.7 cm³/mol. The molecule has 0 saturated carbocycles. The van der Waals surface area contributed by atoms with Crippen LogP contribution in [0.4, 0.5) is 0 Å². The molecule has 0 aromatic carbocycles. The number of pyridine rings is 1. The minimum Gasteiger partial charge on any atom is -0.392 e. The van der Waals surface area contributed by atoms with Crippen molar-refractivity contribution >= 4 is 17.2 Å². The quantitative estimate of drug-likeness (QED) is 0.794. The van der Waals surface area contributed by atoms with E-state index in [0.717, 1.165) is 23.5 Å². The van der Waals surface area contributed by atoms with Gasteiger partial charge in [0.1, 0.15) is 5.69 Å². The monoisotopic (exact) mass is 291 g/mol. The molecule has 1 amide bonds. The van der Waals surface area contributed by atoms with Crippen LogP contribution in [0.15, 0.2) is 23.7 Å². The average Bonchev–Trinajstić information content (AvgIpc) is 2.89. The third kappa shape index (κ3) is 4.11. The highest BCUT2D eigenvalue weighted by molar-refractivity contribution is 7.09. The minimum absolute atomic E-state index is 0.0911. The molecule has 0 atom stereocenters. The van der Waals surface area contributed by atoms with Gasteiger partial charge in [-0.05, 0) is 31.0 Å². The number of hydrogen-bond donors (Lipinski definition) is 2. The molecule has 0 aliphatic rings. The van der Waals surface area contributed by atoms with Gasteiger partial charge in [0.05, 0.1) is 11.6 Å². The molecular formula is C14H17N3O2S. The van der Waals surface area contributed by atoms with Crippen molar-refractivity contribution in [3.63, 3.8) is 0 Å². The Bertz CT molecular complexity index is 583. The normalized spacial score (nSPS) is 10.5. The SMILES string of the molecule is Cc1csc(CCCNC(=O)c2cc(CO)ccn2)n1. The molecule has 0 spiro atoms. The van der Waals surface area contributed by atoms with Gasteiger partial charge in [-0.25, -0.2) is 4.98 Å². The van der Waals surface area contributed by atoms with E-state index in [0.29, 0.717) is 17.8 Å².